The molecule has 0 bridgehead atoms. The van der Waals surface area contributed by atoms with Gasteiger partial charge in [0.1, 0.15) is 6.33 Å². The van der Waals surface area contributed by atoms with Crippen molar-refractivity contribution in [3.05, 3.63) is 84.2 Å². The van der Waals surface area contributed by atoms with Crippen LogP contribution in [0.1, 0.15) is 20.7 Å². The second-order valence-corrected chi connectivity index (χ2v) is 6.09. The fraction of sp³-hybridized carbons (Fsp3) is 0.0526. The highest BCUT2D eigenvalue weighted by Crippen LogP contribution is 2.17. The summed E-state index contributed by atoms with van der Waals surface area (Å²) in [5.41, 5.74) is 1.56. The molecule has 0 aliphatic heterocycles. The molecule has 0 unspecified atom stereocenters. The Morgan fingerprint density at radius 2 is 1.68 bits per heavy atom. The van der Waals surface area contributed by atoms with E-state index in [4.69, 9.17) is 0 Å². The Bertz CT molecular complexity index is 889. The molecule has 0 spiro atoms. The van der Waals surface area contributed by atoms with Crippen molar-refractivity contribution < 1.29 is 9.59 Å². The van der Waals surface area contributed by atoms with Gasteiger partial charge < -0.3 is 0 Å². The fourth-order valence-corrected chi connectivity index (χ4v) is 2.93. The van der Waals surface area contributed by atoms with Gasteiger partial charge in [-0.05, 0) is 11.6 Å². The molecule has 1 heterocycles. The molecule has 124 valence electrons. The molecule has 0 amide bonds. The molecule has 0 aliphatic rings. The second-order valence-electron chi connectivity index (χ2n) is 5.14. The van der Waals surface area contributed by atoms with Crippen LogP contribution in [0.4, 0.5) is 0 Å². The highest BCUT2D eigenvalue weighted by Gasteiger charge is 2.13. The molecule has 0 atom stereocenters. The number of hydrogen-bond donors (Lipinski definition) is 0. The molecule has 0 saturated carbocycles. The van der Waals surface area contributed by atoms with Crippen LogP contribution in [-0.2, 0) is 0 Å². The van der Waals surface area contributed by atoms with Crippen LogP contribution in [0.25, 0.3) is 6.08 Å². The predicted octanol–water partition coefficient (Wildman–Crippen LogP) is 3.61. The summed E-state index contributed by atoms with van der Waals surface area (Å²) in [4.78, 5) is 24.5. The van der Waals surface area contributed by atoms with Crippen LogP contribution in [-0.4, -0.2) is 32.2 Å². The zero-order valence-corrected chi connectivity index (χ0v) is 14.1. The lowest BCUT2D eigenvalue weighted by Gasteiger charge is -2.02. The van der Waals surface area contributed by atoms with Crippen molar-refractivity contribution in [1.29, 1.82) is 0 Å². The molecule has 5 nitrogen and oxygen atoms in total. The first-order valence-electron chi connectivity index (χ1n) is 7.62. The van der Waals surface area contributed by atoms with E-state index >= 15 is 0 Å². The van der Waals surface area contributed by atoms with E-state index in [0.717, 1.165) is 5.56 Å². The largest absolute Gasteiger partial charge is 0.293 e. The highest BCUT2D eigenvalue weighted by atomic mass is 32.2. The van der Waals surface area contributed by atoms with Crippen LogP contribution >= 0.6 is 11.8 Å². The van der Waals surface area contributed by atoms with Gasteiger partial charge in [-0.3, -0.25) is 9.59 Å². The Labute approximate surface area is 149 Å². The molecule has 25 heavy (non-hydrogen) atoms. The average Bonchev–Trinajstić information content (AvgIpc) is 3.14. The summed E-state index contributed by atoms with van der Waals surface area (Å²) in [5.74, 6) is -0.0887. The molecule has 0 N–H and O–H groups in total. The molecule has 2 aromatic carbocycles. The normalized spacial score (nSPS) is 10.9. The molecule has 6 heteroatoms. The van der Waals surface area contributed by atoms with E-state index in [0.29, 0.717) is 10.7 Å². The Morgan fingerprint density at radius 1 is 1.00 bits per heavy atom. The Morgan fingerprint density at radius 3 is 2.40 bits per heavy atom. The maximum atomic E-state index is 12.3. The Kier molecular flexibility index (Phi) is 5.53. The molecular weight excluding hydrogens is 334 g/mol. The van der Waals surface area contributed by atoms with E-state index in [9.17, 15) is 9.59 Å². The summed E-state index contributed by atoms with van der Waals surface area (Å²) in [6, 6.07) is 18.6. The number of hydrogen-bond acceptors (Lipinski definition) is 5. The van der Waals surface area contributed by atoms with Gasteiger partial charge in [0.25, 0.3) is 5.91 Å². The first-order chi connectivity index (χ1) is 12.2. The van der Waals surface area contributed by atoms with Crippen molar-refractivity contribution in [3.63, 3.8) is 0 Å². The van der Waals surface area contributed by atoms with Gasteiger partial charge in [-0.15, -0.1) is 10.2 Å². The lowest BCUT2D eigenvalue weighted by Crippen LogP contribution is -2.09. The summed E-state index contributed by atoms with van der Waals surface area (Å²) >= 11 is 1.19. The maximum Gasteiger partial charge on any atom is 0.258 e. The quantitative estimate of drug-likeness (QED) is 0.386. The SMILES string of the molecule is O=C(CSc1nncn1C(=O)C=Cc1ccccc1)c1ccccc1. The van der Waals surface area contributed by atoms with Gasteiger partial charge in [-0.1, -0.05) is 72.4 Å². The molecular formula is C19H15N3O2S. The molecule has 0 radical (unpaired) electrons. The lowest BCUT2D eigenvalue weighted by molar-refractivity contribution is 0.0957. The zero-order chi connectivity index (χ0) is 17.5. The maximum absolute atomic E-state index is 12.3. The number of carbonyl (C=O) groups is 2. The van der Waals surface area contributed by atoms with Crippen LogP contribution in [0.15, 0.2) is 78.2 Å². The molecule has 0 fully saturated rings. The van der Waals surface area contributed by atoms with Crippen LogP contribution in [0.3, 0.4) is 0 Å². The smallest absolute Gasteiger partial charge is 0.258 e. The van der Waals surface area contributed by atoms with Crippen LogP contribution in [0.5, 0.6) is 0 Å². The summed E-state index contributed by atoms with van der Waals surface area (Å²) in [6.45, 7) is 0. The van der Waals surface area contributed by atoms with Gasteiger partial charge in [-0.25, -0.2) is 4.57 Å². The number of benzene rings is 2. The number of ketones is 1. The van der Waals surface area contributed by atoms with E-state index in [2.05, 4.69) is 10.2 Å². The minimum atomic E-state index is -0.261. The molecule has 0 saturated heterocycles. The minimum Gasteiger partial charge on any atom is -0.293 e. The standard InChI is InChI=1S/C19H15N3O2S/c23-17(16-9-5-2-6-10-16)13-25-19-21-20-14-22(19)18(24)12-11-15-7-3-1-4-8-15/h1-12,14H,13H2. The van der Waals surface area contributed by atoms with Crippen molar-refractivity contribution in [2.45, 2.75) is 5.16 Å². The number of rotatable bonds is 6. The zero-order valence-electron chi connectivity index (χ0n) is 13.3. The van der Waals surface area contributed by atoms with Gasteiger partial charge in [0.05, 0.1) is 5.75 Å². The van der Waals surface area contributed by atoms with Crippen molar-refractivity contribution in [2.75, 3.05) is 5.75 Å². The highest BCUT2D eigenvalue weighted by molar-refractivity contribution is 7.99. The van der Waals surface area contributed by atoms with Gasteiger partial charge in [0, 0.05) is 11.6 Å². The molecule has 0 aliphatic carbocycles. The molecule has 3 aromatic rings. The summed E-state index contributed by atoms with van der Waals surface area (Å²) in [7, 11) is 0. The van der Waals surface area contributed by atoms with Gasteiger partial charge in [0.15, 0.2) is 10.9 Å². The van der Waals surface area contributed by atoms with Crippen LogP contribution < -0.4 is 0 Å². The monoisotopic (exact) mass is 349 g/mol. The van der Waals surface area contributed by atoms with Crippen molar-refractivity contribution in [3.8, 4) is 0 Å². The van der Waals surface area contributed by atoms with Crippen LogP contribution in [0, 0.1) is 0 Å². The lowest BCUT2D eigenvalue weighted by atomic mass is 10.2. The number of carbonyl (C=O) groups excluding carboxylic acids is 2. The Balaban J connectivity index is 1.65. The first kappa shape index (κ1) is 16.9. The number of thioether (sulfide) groups is 1. The van der Waals surface area contributed by atoms with E-state index in [-0.39, 0.29) is 17.4 Å². The third kappa shape index (κ3) is 4.51. The topological polar surface area (TPSA) is 64.8 Å². The summed E-state index contributed by atoms with van der Waals surface area (Å²) < 4.78 is 1.34. The van der Waals surface area contributed by atoms with Crippen molar-refractivity contribution >= 4 is 29.5 Å². The number of aromatic nitrogens is 3. The third-order valence-corrected chi connectivity index (χ3v) is 4.34. The van der Waals surface area contributed by atoms with E-state index in [1.165, 1.54) is 28.7 Å². The second kappa shape index (κ2) is 8.21. The van der Waals surface area contributed by atoms with E-state index in [1.807, 2.05) is 48.5 Å². The summed E-state index contributed by atoms with van der Waals surface area (Å²) in [6.07, 6.45) is 4.54. The Hall–Kier alpha value is -2.99. The summed E-state index contributed by atoms with van der Waals surface area (Å²) in [5, 5.41) is 8.10. The fourth-order valence-electron chi connectivity index (χ4n) is 2.12. The number of allylic oxidation sites excluding steroid dienone is 1. The average molecular weight is 349 g/mol. The number of Topliss-reactive ketones (excluding diaryl/α,β-unsaturated/α-hetero) is 1. The van der Waals surface area contributed by atoms with E-state index in [1.54, 1.807) is 18.2 Å². The number of nitrogens with zero attached hydrogens (tertiary/aromatic N) is 3. The van der Waals surface area contributed by atoms with E-state index < -0.39 is 0 Å². The van der Waals surface area contributed by atoms with Crippen LogP contribution in [0.2, 0.25) is 0 Å². The van der Waals surface area contributed by atoms with Crippen molar-refractivity contribution in [2.24, 2.45) is 0 Å². The van der Waals surface area contributed by atoms with Gasteiger partial charge >= 0.3 is 0 Å². The van der Waals surface area contributed by atoms with Gasteiger partial charge in [-0.2, -0.15) is 0 Å². The van der Waals surface area contributed by atoms with Gasteiger partial charge in [0.2, 0.25) is 0 Å². The predicted molar refractivity (Wildman–Crippen MR) is 97.6 cm³/mol. The minimum absolute atomic E-state index is 0.0209. The molecule has 1 aromatic heterocycles. The van der Waals surface area contributed by atoms with Crippen molar-refractivity contribution in [1.82, 2.24) is 14.8 Å². The first-order valence-corrected chi connectivity index (χ1v) is 8.61. The third-order valence-electron chi connectivity index (χ3n) is 3.40. The molecule has 3 rings (SSSR count).